The van der Waals surface area contributed by atoms with E-state index in [0.29, 0.717) is 18.0 Å². The topological polar surface area (TPSA) is 60.5 Å². The van der Waals surface area contributed by atoms with Crippen molar-refractivity contribution in [1.82, 2.24) is 10.3 Å². The molecule has 7 heteroatoms. The standard InChI is InChI=1S/C15H14Cl2N2O3/c1-21-11-5-3-9(7-12(11)22-2)8-18-15(20)14-10(16)4-6-13(17)19-14/h3-7H,8H2,1-2H3,(H,18,20). The maximum absolute atomic E-state index is 12.1. The molecule has 1 N–H and O–H groups in total. The first-order chi connectivity index (χ1) is 10.5. The summed E-state index contributed by atoms with van der Waals surface area (Å²) in [6, 6.07) is 8.43. The summed E-state index contributed by atoms with van der Waals surface area (Å²) in [5, 5.41) is 3.18. The van der Waals surface area contributed by atoms with Gasteiger partial charge < -0.3 is 14.8 Å². The van der Waals surface area contributed by atoms with Crippen LogP contribution in [0.15, 0.2) is 30.3 Å². The molecule has 22 heavy (non-hydrogen) atoms. The molecule has 0 unspecified atom stereocenters. The minimum absolute atomic E-state index is 0.0923. The van der Waals surface area contributed by atoms with Crippen molar-refractivity contribution in [1.29, 1.82) is 0 Å². The monoisotopic (exact) mass is 340 g/mol. The average molecular weight is 341 g/mol. The lowest BCUT2D eigenvalue weighted by atomic mass is 10.2. The molecule has 0 bridgehead atoms. The van der Waals surface area contributed by atoms with E-state index in [-0.39, 0.29) is 15.9 Å². The number of hydrogen-bond donors (Lipinski definition) is 1. The number of nitrogens with one attached hydrogen (secondary N) is 1. The van der Waals surface area contributed by atoms with E-state index in [1.807, 2.05) is 6.07 Å². The van der Waals surface area contributed by atoms with Crippen LogP contribution in [0.4, 0.5) is 0 Å². The number of benzene rings is 1. The number of rotatable bonds is 5. The molecule has 0 aliphatic carbocycles. The van der Waals surface area contributed by atoms with Gasteiger partial charge in [0.1, 0.15) is 10.8 Å². The molecule has 0 atom stereocenters. The quantitative estimate of drug-likeness (QED) is 0.848. The van der Waals surface area contributed by atoms with Crippen LogP contribution < -0.4 is 14.8 Å². The summed E-state index contributed by atoms with van der Waals surface area (Å²) in [6.45, 7) is 0.295. The van der Waals surface area contributed by atoms with Crippen LogP contribution >= 0.6 is 23.2 Å². The van der Waals surface area contributed by atoms with E-state index >= 15 is 0 Å². The molecule has 2 aromatic rings. The van der Waals surface area contributed by atoms with Gasteiger partial charge in [0.05, 0.1) is 19.2 Å². The van der Waals surface area contributed by atoms with E-state index in [4.69, 9.17) is 32.7 Å². The van der Waals surface area contributed by atoms with Crippen LogP contribution in [0.5, 0.6) is 11.5 Å². The molecule has 5 nitrogen and oxygen atoms in total. The Hall–Kier alpha value is -1.98. The number of nitrogens with zero attached hydrogens (tertiary/aromatic N) is 1. The zero-order valence-corrected chi connectivity index (χ0v) is 13.5. The van der Waals surface area contributed by atoms with Crippen molar-refractivity contribution in [2.24, 2.45) is 0 Å². The number of aromatic nitrogens is 1. The molecule has 1 aromatic carbocycles. The van der Waals surface area contributed by atoms with Gasteiger partial charge in [-0.2, -0.15) is 0 Å². The van der Waals surface area contributed by atoms with Gasteiger partial charge in [0, 0.05) is 6.54 Å². The largest absolute Gasteiger partial charge is 0.493 e. The highest BCUT2D eigenvalue weighted by Crippen LogP contribution is 2.27. The molecule has 1 amide bonds. The number of pyridine rings is 1. The Balaban J connectivity index is 2.09. The van der Waals surface area contributed by atoms with Crippen molar-refractivity contribution in [3.8, 4) is 11.5 Å². The average Bonchev–Trinajstić information content (AvgIpc) is 2.54. The van der Waals surface area contributed by atoms with E-state index in [1.54, 1.807) is 26.4 Å². The van der Waals surface area contributed by atoms with Crippen molar-refractivity contribution in [2.75, 3.05) is 14.2 Å². The minimum Gasteiger partial charge on any atom is -0.493 e. The van der Waals surface area contributed by atoms with Crippen molar-refractivity contribution in [3.05, 3.63) is 51.8 Å². The lowest BCUT2D eigenvalue weighted by Gasteiger charge is -2.10. The highest BCUT2D eigenvalue weighted by Gasteiger charge is 2.13. The second-order valence-electron chi connectivity index (χ2n) is 4.34. The molecule has 0 saturated heterocycles. The number of methoxy groups -OCH3 is 2. The maximum atomic E-state index is 12.1. The Bertz CT molecular complexity index is 692. The zero-order chi connectivity index (χ0) is 16.1. The van der Waals surface area contributed by atoms with E-state index in [1.165, 1.54) is 12.1 Å². The molecule has 2 rings (SSSR count). The second kappa shape index (κ2) is 7.33. The SMILES string of the molecule is COc1ccc(CNC(=O)c2nc(Cl)ccc2Cl)cc1OC. The van der Waals surface area contributed by atoms with Gasteiger partial charge in [0.15, 0.2) is 11.5 Å². The maximum Gasteiger partial charge on any atom is 0.271 e. The molecular formula is C15H14Cl2N2O3. The number of halogens is 2. The number of ether oxygens (including phenoxy) is 2. The third-order valence-corrected chi connectivity index (χ3v) is 3.44. The first-order valence-corrected chi connectivity index (χ1v) is 7.12. The van der Waals surface area contributed by atoms with Crippen LogP contribution in [0.3, 0.4) is 0 Å². The molecule has 0 aliphatic rings. The molecule has 1 aromatic heterocycles. The van der Waals surface area contributed by atoms with E-state index in [0.717, 1.165) is 5.56 Å². The fourth-order valence-corrected chi connectivity index (χ4v) is 2.17. The van der Waals surface area contributed by atoms with Gasteiger partial charge in [-0.3, -0.25) is 4.79 Å². The van der Waals surface area contributed by atoms with Crippen LogP contribution in [0.25, 0.3) is 0 Å². The summed E-state index contributed by atoms with van der Waals surface area (Å²) in [4.78, 5) is 16.0. The summed E-state index contributed by atoms with van der Waals surface area (Å²) >= 11 is 11.7. The second-order valence-corrected chi connectivity index (χ2v) is 5.13. The van der Waals surface area contributed by atoms with Crippen molar-refractivity contribution in [2.45, 2.75) is 6.54 Å². The van der Waals surface area contributed by atoms with E-state index < -0.39 is 5.91 Å². The summed E-state index contributed by atoms with van der Waals surface area (Å²) in [5.41, 5.74) is 0.943. The fraction of sp³-hybridized carbons (Fsp3) is 0.200. The van der Waals surface area contributed by atoms with Gasteiger partial charge in [-0.05, 0) is 29.8 Å². The number of amides is 1. The zero-order valence-electron chi connectivity index (χ0n) is 12.0. The van der Waals surface area contributed by atoms with Crippen molar-refractivity contribution in [3.63, 3.8) is 0 Å². The van der Waals surface area contributed by atoms with Crippen LogP contribution in [0, 0.1) is 0 Å². The Kier molecular flexibility index (Phi) is 5.46. The molecule has 0 spiro atoms. The Morgan fingerprint density at radius 3 is 2.55 bits per heavy atom. The summed E-state index contributed by atoms with van der Waals surface area (Å²) in [5.74, 6) is 0.813. The summed E-state index contributed by atoms with van der Waals surface area (Å²) < 4.78 is 10.4. The van der Waals surface area contributed by atoms with Crippen molar-refractivity contribution < 1.29 is 14.3 Å². The van der Waals surface area contributed by atoms with E-state index in [9.17, 15) is 4.79 Å². The fourth-order valence-electron chi connectivity index (χ4n) is 1.83. The summed E-state index contributed by atoms with van der Waals surface area (Å²) in [6.07, 6.45) is 0. The molecular weight excluding hydrogens is 327 g/mol. The number of carbonyl (C=O) groups is 1. The van der Waals surface area contributed by atoms with Gasteiger partial charge in [0.2, 0.25) is 0 Å². The van der Waals surface area contributed by atoms with Gasteiger partial charge in [-0.1, -0.05) is 29.3 Å². The first-order valence-electron chi connectivity index (χ1n) is 6.36. The number of carbonyl (C=O) groups excluding carboxylic acids is 1. The van der Waals surface area contributed by atoms with E-state index in [2.05, 4.69) is 10.3 Å². The van der Waals surface area contributed by atoms with Crippen LogP contribution in [-0.2, 0) is 6.54 Å². The van der Waals surface area contributed by atoms with Gasteiger partial charge in [-0.15, -0.1) is 0 Å². The molecule has 0 aliphatic heterocycles. The third kappa shape index (κ3) is 3.81. The van der Waals surface area contributed by atoms with Crippen LogP contribution in [0.2, 0.25) is 10.2 Å². The lowest BCUT2D eigenvalue weighted by molar-refractivity contribution is 0.0946. The minimum atomic E-state index is -0.401. The number of hydrogen-bond acceptors (Lipinski definition) is 4. The molecule has 0 fully saturated rings. The summed E-state index contributed by atoms with van der Waals surface area (Å²) in [7, 11) is 3.11. The van der Waals surface area contributed by atoms with Gasteiger partial charge in [0.25, 0.3) is 5.91 Å². The highest BCUT2D eigenvalue weighted by atomic mass is 35.5. The predicted molar refractivity (Wildman–Crippen MR) is 85.0 cm³/mol. The third-order valence-electron chi connectivity index (χ3n) is 2.93. The van der Waals surface area contributed by atoms with Crippen molar-refractivity contribution >= 4 is 29.1 Å². The Labute approximate surface area is 138 Å². The lowest BCUT2D eigenvalue weighted by Crippen LogP contribution is -2.24. The molecule has 1 heterocycles. The molecule has 0 saturated carbocycles. The highest BCUT2D eigenvalue weighted by molar-refractivity contribution is 6.34. The van der Waals surface area contributed by atoms with Crippen LogP contribution in [-0.4, -0.2) is 25.1 Å². The predicted octanol–water partition coefficient (Wildman–Crippen LogP) is 3.34. The Morgan fingerprint density at radius 1 is 1.14 bits per heavy atom. The normalized spacial score (nSPS) is 10.2. The van der Waals surface area contributed by atoms with Gasteiger partial charge in [-0.25, -0.2) is 4.98 Å². The first kappa shape index (κ1) is 16.4. The van der Waals surface area contributed by atoms with Crippen LogP contribution in [0.1, 0.15) is 16.1 Å². The molecule has 0 radical (unpaired) electrons. The Morgan fingerprint density at radius 2 is 1.86 bits per heavy atom. The smallest absolute Gasteiger partial charge is 0.271 e. The molecule has 116 valence electrons. The van der Waals surface area contributed by atoms with Gasteiger partial charge >= 0.3 is 0 Å².